The standard InChI is InChI=1S/C10H14N2O/c11-7-10(4-5-12-10)8-2-1-3-9(13)6-8/h1-3,6,12-13H,4-5,7,11H2. The molecule has 0 bridgehead atoms. The minimum absolute atomic E-state index is 0.0846. The highest BCUT2D eigenvalue weighted by Crippen LogP contribution is 2.31. The van der Waals surface area contributed by atoms with Crippen molar-refractivity contribution in [2.45, 2.75) is 12.0 Å². The molecule has 1 unspecified atom stereocenters. The summed E-state index contributed by atoms with van der Waals surface area (Å²) in [7, 11) is 0. The fourth-order valence-corrected chi connectivity index (χ4v) is 1.77. The van der Waals surface area contributed by atoms with E-state index in [1.54, 1.807) is 12.1 Å². The molecular formula is C10H14N2O. The average molecular weight is 178 g/mol. The van der Waals surface area contributed by atoms with E-state index in [0.717, 1.165) is 18.5 Å². The Morgan fingerprint density at radius 1 is 1.54 bits per heavy atom. The fraction of sp³-hybridized carbons (Fsp3) is 0.400. The highest BCUT2D eigenvalue weighted by molar-refractivity contribution is 5.34. The first-order valence-corrected chi connectivity index (χ1v) is 4.51. The topological polar surface area (TPSA) is 58.3 Å². The largest absolute Gasteiger partial charge is 0.508 e. The number of benzene rings is 1. The summed E-state index contributed by atoms with van der Waals surface area (Å²) in [4.78, 5) is 0. The molecule has 2 rings (SSSR count). The van der Waals surface area contributed by atoms with E-state index < -0.39 is 0 Å². The molecule has 1 heterocycles. The van der Waals surface area contributed by atoms with Crippen LogP contribution in [0, 0.1) is 0 Å². The van der Waals surface area contributed by atoms with Gasteiger partial charge in [0.2, 0.25) is 0 Å². The Kier molecular flexibility index (Phi) is 1.98. The minimum Gasteiger partial charge on any atom is -0.508 e. The summed E-state index contributed by atoms with van der Waals surface area (Å²) in [6, 6.07) is 7.30. The number of nitrogens with one attached hydrogen (secondary N) is 1. The molecule has 1 saturated heterocycles. The van der Waals surface area contributed by atoms with Gasteiger partial charge in [-0.15, -0.1) is 0 Å². The quantitative estimate of drug-likeness (QED) is 0.619. The molecule has 1 aromatic carbocycles. The van der Waals surface area contributed by atoms with Crippen molar-refractivity contribution in [3.05, 3.63) is 29.8 Å². The Balaban J connectivity index is 2.33. The fourth-order valence-electron chi connectivity index (χ4n) is 1.77. The summed E-state index contributed by atoms with van der Waals surface area (Å²) < 4.78 is 0. The number of phenolic OH excluding ortho intramolecular Hbond substituents is 1. The summed E-state index contributed by atoms with van der Waals surface area (Å²) in [6.45, 7) is 1.59. The zero-order valence-corrected chi connectivity index (χ0v) is 7.46. The van der Waals surface area contributed by atoms with Crippen molar-refractivity contribution < 1.29 is 5.11 Å². The van der Waals surface area contributed by atoms with Crippen LogP contribution in [0.3, 0.4) is 0 Å². The van der Waals surface area contributed by atoms with Crippen molar-refractivity contribution in [2.75, 3.05) is 13.1 Å². The zero-order valence-electron chi connectivity index (χ0n) is 7.46. The van der Waals surface area contributed by atoms with Gasteiger partial charge in [0.05, 0.1) is 5.54 Å². The van der Waals surface area contributed by atoms with Crippen molar-refractivity contribution in [1.82, 2.24) is 5.32 Å². The second-order valence-corrected chi connectivity index (χ2v) is 3.51. The maximum atomic E-state index is 9.32. The highest BCUT2D eigenvalue weighted by atomic mass is 16.3. The number of phenols is 1. The molecule has 13 heavy (non-hydrogen) atoms. The van der Waals surface area contributed by atoms with Crippen LogP contribution in [-0.4, -0.2) is 18.2 Å². The third-order valence-corrected chi connectivity index (χ3v) is 2.76. The van der Waals surface area contributed by atoms with Crippen molar-refractivity contribution in [2.24, 2.45) is 5.73 Å². The van der Waals surface area contributed by atoms with Gasteiger partial charge in [-0.25, -0.2) is 0 Å². The molecule has 0 radical (unpaired) electrons. The molecule has 1 aliphatic rings. The van der Waals surface area contributed by atoms with Gasteiger partial charge in [0.25, 0.3) is 0 Å². The molecule has 1 aliphatic heterocycles. The Hall–Kier alpha value is -1.06. The van der Waals surface area contributed by atoms with Gasteiger partial charge < -0.3 is 16.2 Å². The Morgan fingerprint density at radius 2 is 2.31 bits per heavy atom. The normalized spacial score (nSPS) is 26.8. The first-order chi connectivity index (χ1) is 6.27. The summed E-state index contributed by atoms with van der Waals surface area (Å²) in [5, 5.41) is 12.6. The maximum absolute atomic E-state index is 9.32. The lowest BCUT2D eigenvalue weighted by atomic mass is 9.81. The third kappa shape index (κ3) is 1.30. The first kappa shape index (κ1) is 8.53. The Morgan fingerprint density at radius 3 is 2.77 bits per heavy atom. The maximum Gasteiger partial charge on any atom is 0.115 e. The summed E-state index contributed by atoms with van der Waals surface area (Å²) in [5.41, 5.74) is 6.71. The van der Waals surface area contributed by atoms with Crippen LogP contribution >= 0.6 is 0 Å². The third-order valence-electron chi connectivity index (χ3n) is 2.76. The lowest BCUT2D eigenvalue weighted by Gasteiger charge is -2.43. The van der Waals surface area contributed by atoms with Gasteiger partial charge >= 0.3 is 0 Å². The lowest BCUT2D eigenvalue weighted by molar-refractivity contribution is 0.218. The van der Waals surface area contributed by atoms with Gasteiger partial charge in [0.1, 0.15) is 5.75 Å². The molecular weight excluding hydrogens is 164 g/mol. The molecule has 3 heteroatoms. The molecule has 0 aliphatic carbocycles. The molecule has 0 aromatic heterocycles. The number of rotatable bonds is 2. The number of nitrogens with two attached hydrogens (primary N) is 1. The van der Waals surface area contributed by atoms with Crippen LogP contribution in [0.5, 0.6) is 5.75 Å². The van der Waals surface area contributed by atoms with Crippen LogP contribution in [0.2, 0.25) is 0 Å². The zero-order chi connectivity index (χ0) is 9.31. The number of aromatic hydroxyl groups is 1. The van der Waals surface area contributed by atoms with Crippen LogP contribution in [0.25, 0.3) is 0 Å². The van der Waals surface area contributed by atoms with Crippen molar-refractivity contribution in [3.8, 4) is 5.75 Å². The summed E-state index contributed by atoms with van der Waals surface area (Å²) in [6.07, 6.45) is 1.05. The predicted octanol–water partition coefficient (Wildman–Crippen LogP) is 0.539. The van der Waals surface area contributed by atoms with Crippen LogP contribution in [-0.2, 0) is 5.54 Å². The van der Waals surface area contributed by atoms with Gasteiger partial charge in [0, 0.05) is 6.54 Å². The van der Waals surface area contributed by atoms with Gasteiger partial charge in [0.15, 0.2) is 0 Å². The molecule has 0 spiro atoms. The highest BCUT2D eigenvalue weighted by Gasteiger charge is 2.36. The predicted molar refractivity (Wildman–Crippen MR) is 51.5 cm³/mol. The van der Waals surface area contributed by atoms with Gasteiger partial charge in [-0.3, -0.25) is 0 Å². The molecule has 0 amide bonds. The van der Waals surface area contributed by atoms with Crippen molar-refractivity contribution >= 4 is 0 Å². The minimum atomic E-state index is -0.0846. The van der Waals surface area contributed by atoms with Crippen molar-refractivity contribution in [3.63, 3.8) is 0 Å². The van der Waals surface area contributed by atoms with Gasteiger partial charge in [-0.1, -0.05) is 12.1 Å². The molecule has 1 atom stereocenters. The molecule has 70 valence electrons. The SMILES string of the molecule is NCC1(c2cccc(O)c2)CCN1. The second-order valence-electron chi connectivity index (χ2n) is 3.51. The van der Waals surface area contributed by atoms with E-state index in [2.05, 4.69) is 5.32 Å². The molecule has 4 N–H and O–H groups in total. The van der Waals surface area contributed by atoms with Crippen LogP contribution in [0.15, 0.2) is 24.3 Å². The monoisotopic (exact) mass is 178 g/mol. The van der Waals surface area contributed by atoms with E-state index in [9.17, 15) is 5.11 Å². The smallest absolute Gasteiger partial charge is 0.115 e. The molecule has 3 nitrogen and oxygen atoms in total. The van der Waals surface area contributed by atoms with Crippen LogP contribution < -0.4 is 11.1 Å². The van der Waals surface area contributed by atoms with Crippen molar-refractivity contribution in [1.29, 1.82) is 0 Å². The molecule has 1 aromatic rings. The average Bonchev–Trinajstić information content (AvgIpc) is 2.03. The van der Waals surface area contributed by atoms with Gasteiger partial charge in [-0.2, -0.15) is 0 Å². The Bertz CT molecular complexity index is 302. The van der Waals surface area contributed by atoms with E-state index in [4.69, 9.17) is 5.73 Å². The number of hydrogen-bond acceptors (Lipinski definition) is 3. The lowest BCUT2D eigenvalue weighted by Crippen LogP contribution is -2.58. The molecule has 1 fully saturated rings. The van der Waals surface area contributed by atoms with Crippen LogP contribution in [0.4, 0.5) is 0 Å². The molecule has 0 saturated carbocycles. The van der Waals surface area contributed by atoms with Crippen LogP contribution in [0.1, 0.15) is 12.0 Å². The van der Waals surface area contributed by atoms with E-state index in [1.807, 2.05) is 12.1 Å². The van der Waals surface area contributed by atoms with E-state index in [-0.39, 0.29) is 5.54 Å². The second kappa shape index (κ2) is 3.01. The first-order valence-electron chi connectivity index (χ1n) is 4.51. The summed E-state index contributed by atoms with van der Waals surface area (Å²) >= 11 is 0. The van der Waals surface area contributed by atoms with E-state index >= 15 is 0 Å². The van der Waals surface area contributed by atoms with E-state index in [1.165, 1.54) is 0 Å². The van der Waals surface area contributed by atoms with E-state index in [0.29, 0.717) is 12.3 Å². The summed E-state index contributed by atoms with van der Waals surface area (Å²) in [5.74, 6) is 0.305. The van der Waals surface area contributed by atoms with Gasteiger partial charge in [-0.05, 0) is 30.7 Å². The Labute approximate surface area is 77.6 Å². The number of hydrogen-bond donors (Lipinski definition) is 3.